The van der Waals surface area contributed by atoms with E-state index in [-0.39, 0.29) is 11.8 Å². The van der Waals surface area contributed by atoms with Crippen LogP contribution in [0.15, 0.2) is 64.3 Å². The van der Waals surface area contributed by atoms with Gasteiger partial charge in [0.2, 0.25) is 0 Å². The molecule has 0 saturated heterocycles. The van der Waals surface area contributed by atoms with Crippen LogP contribution in [0.3, 0.4) is 0 Å². The summed E-state index contributed by atoms with van der Waals surface area (Å²) in [5, 5.41) is 8.20. The van der Waals surface area contributed by atoms with Crippen LogP contribution in [-0.4, -0.2) is 29.9 Å². The summed E-state index contributed by atoms with van der Waals surface area (Å²) in [5.41, 5.74) is 3.94. The third-order valence-electron chi connectivity index (χ3n) is 3.79. The van der Waals surface area contributed by atoms with E-state index in [0.29, 0.717) is 35.0 Å². The van der Waals surface area contributed by atoms with E-state index >= 15 is 0 Å². The molecule has 0 aliphatic heterocycles. The molecule has 0 radical (unpaired) electrons. The summed E-state index contributed by atoms with van der Waals surface area (Å²) in [7, 11) is 0. The summed E-state index contributed by atoms with van der Waals surface area (Å²) in [4.78, 5) is 29.7. The van der Waals surface area contributed by atoms with Crippen LogP contribution in [0.2, 0.25) is 5.02 Å². The van der Waals surface area contributed by atoms with Crippen LogP contribution in [0.1, 0.15) is 26.4 Å². The smallest absolute Gasteiger partial charge is 0.252 e. The summed E-state index contributed by atoms with van der Waals surface area (Å²) < 4.78 is 0. The summed E-state index contributed by atoms with van der Waals surface area (Å²) in [6.07, 6.45) is 0. The van der Waals surface area contributed by atoms with Crippen molar-refractivity contribution in [2.75, 3.05) is 13.1 Å². The number of halogens is 1. The Morgan fingerprint density at radius 2 is 1.71 bits per heavy atom. The molecule has 2 aromatic carbocycles. The van der Waals surface area contributed by atoms with Gasteiger partial charge in [0.15, 0.2) is 0 Å². The Hall–Kier alpha value is -2.35. The molecule has 1 heterocycles. The van der Waals surface area contributed by atoms with Gasteiger partial charge in [0, 0.05) is 39.7 Å². The predicted molar refractivity (Wildman–Crippen MR) is 114 cm³/mol. The molecule has 144 valence electrons. The van der Waals surface area contributed by atoms with Crippen molar-refractivity contribution in [3.8, 4) is 0 Å². The van der Waals surface area contributed by atoms with E-state index in [9.17, 15) is 9.59 Å². The number of thioether (sulfide) groups is 1. The van der Waals surface area contributed by atoms with Crippen LogP contribution in [-0.2, 0) is 5.75 Å². The molecule has 0 unspecified atom stereocenters. The van der Waals surface area contributed by atoms with Crippen molar-refractivity contribution in [2.24, 2.45) is 0 Å². The first-order valence-electron chi connectivity index (χ1n) is 8.54. The van der Waals surface area contributed by atoms with Gasteiger partial charge in [0.1, 0.15) is 0 Å². The molecular weight excluding hydrogens is 414 g/mol. The first-order chi connectivity index (χ1) is 13.6. The van der Waals surface area contributed by atoms with Crippen molar-refractivity contribution in [2.45, 2.75) is 10.6 Å². The second kappa shape index (κ2) is 10.3. The van der Waals surface area contributed by atoms with Crippen LogP contribution in [0.25, 0.3) is 0 Å². The van der Waals surface area contributed by atoms with Crippen LogP contribution in [0.4, 0.5) is 0 Å². The fraction of sp³-hybridized carbons (Fsp3) is 0.150. The maximum absolute atomic E-state index is 12.5. The number of benzene rings is 2. The second-order valence-corrected chi connectivity index (χ2v) is 7.96. The predicted octanol–water partition coefficient (Wildman–Crippen LogP) is 4.25. The fourth-order valence-electron chi connectivity index (χ4n) is 2.39. The first kappa shape index (κ1) is 20.4. The summed E-state index contributed by atoms with van der Waals surface area (Å²) in [5.74, 6) is 0.345. The Bertz CT molecular complexity index is 931. The molecule has 28 heavy (non-hydrogen) atoms. The molecular formula is C20H18ClN3O2S2. The number of nitrogens with one attached hydrogen (secondary N) is 2. The average Bonchev–Trinajstić information content (AvgIpc) is 3.24. The number of rotatable bonds is 8. The van der Waals surface area contributed by atoms with Crippen LogP contribution in [0.5, 0.6) is 0 Å². The Kier molecular flexibility index (Phi) is 7.47. The third kappa shape index (κ3) is 5.82. The minimum absolute atomic E-state index is 0.165. The molecule has 0 aliphatic rings. The lowest BCUT2D eigenvalue weighted by molar-refractivity contribution is 0.0926. The zero-order valence-corrected chi connectivity index (χ0v) is 17.2. The number of hydrogen-bond donors (Lipinski definition) is 2. The highest BCUT2D eigenvalue weighted by atomic mass is 35.5. The van der Waals surface area contributed by atoms with Gasteiger partial charge in [-0.1, -0.05) is 23.7 Å². The van der Waals surface area contributed by atoms with E-state index < -0.39 is 0 Å². The maximum atomic E-state index is 12.5. The monoisotopic (exact) mass is 431 g/mol. The van der Waals surface area contributed by atoms with Crippen LogP contribution in [0, 0.1) is 0 Å². The fourth-order valence-corrected chi connectivity index (χ4v) is 4.13. The number of amides is 2. The number of carbonyl (C=O) groups excluding carboxylic acids is 2. The van der Waals surface area contributed by atoms with Gasteiger partial charge in [0.05, 0.1) is 16.8 Å². The number of hydrogen-bond acceptors (Lipinski definition) is 5. The molecule has 3 aromatic rings. The molecule has 8 heteroatoms. The molecule has 0 saturated carbocycles. The molecule has 2 N–H and O–H groups in total. The van der Waals surface area contributed by atoms with E-state index in [0.717, 1.165) is 10.6 Å². The lowest BCUT2D eigenvalue weighted by atomic mass is 10.2. The Morgan fingerprint density at radius 3 is 2.43 bits per heavy atom. The Balaban J connectivity index is 1.48. The van der Waals surface area contributed by atoms with Crippen molar-refractivity contribution in [3.05, 3.63) is 81.3 Å². The van der Waals surface area contributed by atoms with Crippen LogP contribution < -0.4 is 10.6 Å². The maximum Gasteiger partial charge on any atom is 0.252 e. The van der Waals surface area contributed by atoms with Gasteiger partial charge in [-0.15, -0.1) is 23.1 Å². The molecule has 0 aliphatic carbocycles. The molecule has 0 fully saturated rings. The number of nitrogens with zero attached hydrogens (tertiary/aromatic N) is 1. The third-order valence-corrected chi connectivity index (χ3v) is 5.79. The van der Waals surface area contributed by atoms with Gasteiger partial charge in [0.25, 0.3) is 11.8 Å². The molecule has 0 bridgehead atoms. The largest absolute Gasteiger partial charge is 0.350 e. The van der Waals surface area contributed by atoms with Crippen LogP contribution >= 0.6 is 34.7 Å². The zero-order chi connectivity index (χ0) is 19.8. The minimum Gasteiger partial charge on any atom is -0.350 e. The lowest BCUT2D eigenvalue weighted by Crippen LogP contribution is -2.34. The van der Waals surface area contributed by atoms with Crippen molar-refractivity contribution in [1.29, 1.82) is 0 Å². The second-order valence-electron chi connectivity index (χ2n) is 5.78. The van der Waals surface area contributed by atoms with Gasteiger partial charge in [-0.25, -0.2) is 4.98 Å². The van der Waals surface area contributed by atoms with E-state index in [1.54, 1.807) is 58.9 Å². The molecule has 0 spiro atoms. The van der Waals surface area contributed by atoms with E-state index in [4.69, 9.17) is 11.6 Å². The topological polar surface area (TPSA) is 71.1 Å². The van der Waals surface area contributed by atoms with Gasteiger partial charge >= 0.3 is 0 Å². The molecule has 0 atom stereocenters. The Labute approximate surface area is 176 Å². The molecule has 2 amide bonds. The molecule has 1 aromatic heterocycles. The first-order valence-corrected chi connectivity index (χ1v) is 10.8. The zero-order valence-electron chi connectivity index (χ0n) is 14.9. The average molecular weight is 432 g/mol. The van der Waals surface area contributed by atoms with Gasteiger partial charge in [-0.2, -0.15) is 0 Å². The van der Waals surface area contributed by atoms with E-state index in [1.807, 2.05) is 23.6 Å². The minimum atomic E-state index is -0.204. The van der Waals surface area contributed by atoms with Gasteiger partial charge in [-0.05, 0) is 36.4 Å². The number of thiazole rings is 1. The lowest BCUT2D eigenvalue weighted by Gasteiger charge is -2.10. The van der Waals surface area contributed by atoms with Crippen molar-refractivity contribution in [3.63, 3.8) is 0 Å². The van der Waals surface area contributed by atoms with Crippen molar-refractivity contribution >= 4 is 46.5 Å². The van der Waals surface area contributed by atoms with E-state index in [2.05, 4.69) is 15.6 Å². The highest BCUT2D eigenvalue weighted by molar-refractivity contribution is 7.98. The normalized spacial score (nSPS) is 10.5. The van der Waals surface area contributed by atoms with E-state index in [1.165, 1.54) is 0 Å². The van der Waals surface area contributed by atoms with Crippen molar-refractivity contribution in [1.82, 2.24) is 15.6 Å². The molecule has 5 nitrogen and oxygen atoms in total. The number of aromatic nitrogens is 1. The highest BCUT2D eigenvalue weighted by Crippen LogP contribution is 2.26. The van der Waals surface area contributed by atoms with Crippen molar-refractivity contribution < 1.29 is 9.59 Å². The van der Waals surface area contributed by atoms with Gasteiger partial charge in [-0.3, -0.25) is 9.59 Å². The summed E-state index contributed by atoms with van der Waals surface area (Å²) in [6, 6.07) is 14.1. The SMILES string of the molecule is O=C(NCCNC(=O)c1ccccc1SCc1cscn1)c1ccc(Cl)cc1. The van der Waals surface area contributed by atoms with Gasteiger partial charge < -0.3 is 10.6 Å². The highest BCUT2D eigenvalue weighted by Gasteiger charge is 2.12. The standard InChI is InChI=1S/C20H18ClN3O2S2/c21-15-7-5-14(6-8-15)19(25)22-9-10-23-20(26)17-3-1-2-4-18(17)28-12-16-11-27-13-24-16/h1-8,11,13H,9-10,12H2,(H,22,25)(H,23,26). The number of carbonyl (C=O) groups is 2. The Morgan fingerprint density at radius 1 is 1.00 bits per heavy atom. The summed E-state index contributed by atoms with van der Waals surface area (Å²) in [6.45, 7) is 0.671. The summed E-state index contributed by atoms with van der Waals surface area (Å²) >= 11 is 8.95. The quantitative estimate of drug-likeness (QED) is 0.413. The molecule has 3 rings (SSSR count).